The van der Waals surface area contributed by atoms with Crippen LogP contribution >= 0.6 is 0 Å². The average Bonchev–Trinajstić information content (AvgIpc) is 3.10. The molecule has 0 radical (unpaired) electrons. The number of sulfonamides is 1. The molecule has 0 heterocycles. The number of nitrogens with one attached hydrogen (secondary N) is 1. The lowest BCUT2D eigenvalue weighted by Gasteiger charge is -2.25. The highest BCUT2D eigenvalue weighted by Crippen LogP contribution is 2.35. The third-order valence-corrected chi connectivity index (χ3v) is 7.35. The number of hydrogen-bond donors (Lipinski definition) is 1. The summed E-state index contributed by atoms with van der Waals surface area (Å²) in [5, 5.41) is 4.27. The highest BCUT2D eigenvalue weighted by atomic mass is 32.2. The van der Waals surface area contributed by atoms with E-state index < -0.39 is 22.5 Å². The number of anilines is 1. The van der Waals surface area contributed by atoms with Gasteiger partial charge in [0.05, 0.1) is 24.8 Å². The second kappa shape index (κ2) is 11.2. The Kier molecular flexibility index (Phi) is 8.32. The Morgan fingerprint density at radius 2 is 1.67 bits per heavy atom. The topological polar surface area (TPSA) is 97.3 Å². The lowest BCUT2D eigenvalue weighted by Crippen LogP contribution is -2.40. The molecule has 1 saturated carbocycles. The van der Waals surface area contributed by atoms with Gasteiger partial charge in [0.15, 0.2) is 0 Å². The van der Waals surface area contributed by atoms with Gasteiger partial charge in [-0.2, -0.15) is 5.10 Å². The second-order valence-corrected chi connectivity index (χ2v) is 9.85. The number of carbonyl (C=O) groups is 1. The van der Waals surface area contributed by atoms with Crippen molar-refractivity contribution in [3.63, 3.8) is 0 Å². The van der Waals surface area contributed by atoms with Gasteiger partial charge in [-0.3, -0.25) is 9.10 Å². The molecule has 0 aliphatic heterocycles. The molecule has 0 aromatic heterocycles. The van der Waals surface area contributed by atoms with Crippen molar-refractivity contribution in [3.05, 3.63) is 48.0 Å². The van der Waals surface area contributed by atoms with E-state index in [1.165, 1.54) is 26.4 Å². The average molecular weight is 474 g/mol. The standard InChI is InChI=1S/C24H31N3O5S/c1-18-10-13-21(14-11-18)33(29,30)27(22-15-12-20(31-2)16-23(22)32-3)17-24(28)26-25-19-8-6-4-5-7-9-19/h10-16H,4-9,17H2,1-3H3,(H,26,28). The first kappa shape index (κ1) is 24.6. The van der Waals surface area contributed by atoms with Crippen LogP contribution in [0.2, 0.25) is 0 Å². The fourth-order valence-corrected chi connectivity index (χ4v) is 5.12. The van der Waals surface area contributed by atoms with Crippen molar-refractivity contribution >= 4 is 27.3 Å². The van der Waals surface area contributed by atoms with Crippen LogP contribution in [0.3, 0.4) is 0 Å². The summed E-state index contributed by atoms with van der Waals surface area (Å²) in [6, 6.07) is 11.3. The Morgan fingerprint density at radius 1 is 1.00 bits per heavy atom. The molecule has 33 heavy (non-hydrogen) atoms. The molecule has 8 nitrogen and oxygen atoms in total. The van der Waals surface area contributed by atoms with Gasteiger partial charge in [0, 0.05) is 11.8 Å². The predicted molar refractivity (Wildman–Crippen MR) is 129 cm³/mol. The summed E-state index contributed by atoms with van der Waals surface area (Å²) < 4.78 is 38.8. The van der Waals surface area contributed by atoms with E-state index in [0.29, 0.717) is 5.75 Å². The van der Waals surface area contributed by atoms with Crippen LogP contribution in [-0.2, 0) is 14.8 Å². The minimum Gasteiger partial charge on any atom is -0.497 e. The molecule has 0 saturated heterocycles. The number of methoxy groups -OCH3 is 2. The molecule has 178 valence electrons. The van der Waals surface area contributed by atoms with Crippen molar-refractivity contribution in [3.8, 4) is 11.5 Å². The van der Waals surface area contributed by atoms with Crippen LogP contribution in [0.4, 0.5) is 5.69 Å². The van der Waals surface area contributed by atoms with E-state index in [1.54, 1.807) is 30.3 Å². The molecule has 0 bridgehead atoms. The Hall–Kier alpha value is -3.07. The maximum absolute atomic E-state index is 13.6. The highest BCUT2D eigenvalue weighted by Gasteiger charge is 2.29. The summed E-state index contributed by atoms with van der Waals surface area (Å²) in [6.07, 6.45) is 6.10. The Morgan fingerprint density at radius 3 is 2.27 bits per heavy atom. The molecule has 2 aromatic rings. The molecule has 0 atom stereocenters. The van der Waals surface area contributed by atoms with Crippen LogP contribution in [0.15, 0.2) is 52.5 Å². The SMILES string of the molecule is COc1ccc(N(CC(=O)NN=C2CCCCCC2)S(=O)(=O)c2ccc(C)cc2)c(OC)c1. The lowest BCUT2D eigenvalue weighted by molar-refractivity contribution is -0.119. The number of benzene rings is 2. The fourth-order valence-electron chi connectivity index (χ4n) is 3.68. The van der Waals surface area contributed by atoms with E-state index in [2.05, 4.69) is 10.5 Å². The zero-order valence-corrected chi connectivity index (χ0v) is 20.2. The summed E-state index contributed by atoms with van der Waals surface area (Å²) in [5.74, 6) is 0.251. The van der Waals surface area contributed by atoms with Crippen molar-refractivity contribution < 1.29 is 22.7 Å². The van der Waals surface area contributed by atoms with Gasteiger partial charge in [0.1, 0.15) is 18.0 Å². The molecule has 0 unspecified atom stereocenters. The number of carbonyl (C=O) groups excluding carboxylic acids is 1. The van der Waals surface area contributed by atoms with Gasteiger partial charge < -0.3 is 9.47 Å². The summed E-state index contributed by atoms with van der Waals surface area (Å²) in [4.78, 5) is 12.9. The first-order valence-electron chi connectivity index (χ1n) is 11.0. The number of hydrazone groups is 1. The molecule has 0 spiro atoms. The van der Waals surface area contributed by atoms with Crippen molar-refractivity contribution in [2.24, 2.45) is 5.10 Å². The quantitative estimate of drug-likeness (QED) is 0.461. The normalized spacial score (nSPS) is 14.2. The van der Waals surface area contributed by atoms with Gasteiger partial charge in [-0.25, -0.2) is 13.8 Å². The van der Waals surface area contributed by atoms with Crippen molar-refractivity contribution in [2.45, 2.75) is 50.3 Å². The summed E-state index contributed by atoms with van der Waals surface area (Å²) in [5.41, 5.74) is 4.65. The van der Waals surface area contributed by atoms with E-state index in [0.717, 1.165) is 54.1 Å². The van der Waals surface area contributed by atoms with E-state index in [-0.39, 0.29) is 16.3 Å². The molecule has 3 rings (SSSR count). The first-order chi connectivity index (χ1) is 15.8. The third-order valence-electron chi connectivity index (χ3n) is 5.57. The van der Waals surface area contributed by atoms with Gasteiger partial charge in [-0.15, -0.1) is 0 Å². The van der Waals surface area contributed by atoms with Gasteiger partial charge in [-0.05, 0) is 56.9 Å². The number of ether oxygens (including phenoxy) is 2. The number of aryl methyl sites for hydroxylation is 1. The Labute approximate surface area is 195 Å². The van der Waals surface area contributed by atoms with Crippen molar-refractivity contribution in [2.75, 3.05) is 25.1 Å². The molecular weight excluding hydrogens is 442 g/mol. The van der Waals surface area contributed by atoms with Gasteiger partial charge in [0.25, 0.3) is 15.9 Å². The molecule has 1 aliphatic carbocycles. The maximum Gasteiger partial charge on any atom is 0.264 e. The van der Waals surface area contributed by atoms with Gasteiger partial charge in [-0.1, -0.05) is 30.5 Å². The number of amides is 1. The van der Waals surface area contributed by atoms with Crippen LogP contribution in [0.5, 0.6) is 11.5 Å². The summed E-state index contributed by atoms with van der Waals surface area (Å²) in [7, 11) is -1.12. The predicted octanol–water partition coefficient (Wildman–Crippen LogP) is 4.03. The van der Waals surface area contributed by atoms with E-state index in [4.69, 9.17) is 9.47 Å². The summed E-state index contributed by atoms with van der Waals surface area (Å²) in [6.45, 7) is 1.43. The maximum atomic E-state index is 13.6. The van der Waals surface area contributed by atoms with Gasteiger partial charge in [0.2, 0.25) is 0 Å². The largest absolute Gasteiger partial charge is 0.497 e. The lowest BCUT2D eigenvalue weighted by atomic mass is 10.2. The van der Waals surface area contributed by atoms with E-state index in [1.807, 2.05) is 6.92 Å². The second-order valence-electron chi connectivity index (χ2n) is 7.99. The molecule has 9 heteroatoms. The Bertz CT molecular complexity index is 1090. The number of nitrogens with zero attached hydrogens (tertiary/aromatic N) is 2. The molecule has 1 aliphatic rings. The summed E-state index contributed by atoms with van der Waals surface area (Å²) >= 11 is 0. The number of rotatable bonds is 8. The molecule has 1 amide bonds. The van der Waals surface area contributed by atoms with Crippen LogP contribution in [0, 0.1) is 6.92 Å². The fraction of sp³-hybridized carbons (Fsp3) is 0.417. The minimum atomic E-state index is -4.06. The van der Waals surface area contributed by atoms with Gasteiger partial charge >= 0.3 is 0 Å². The molecule has 1 fully saturated rings. The first-order valence-corrected chi connectivity index (χ1v) is 12.4. The van der Waals surface area contributed by atoms with Crippen molar-refractivity contribution in [1.29, 1.82) is 0 Å². The monoisotopic (exact) mass is 473 g/mol. The third kappa shape index (κ3) is 6.25. The van der Waals surface area contributed by atoms with Crippen LogP contribution < -0.4 is 19.2 Å². The van der Waals surface area contributed by atoms with Crippen LogP contribution in [-0.4, -0.2) is 40.8 Å². The van der Waals surface area contributed by atoms with E-state index in [9.17, 15) is 13.2 Å². The zero-order chi connectivity index (χ0) is 23.8. The van der Waals surface area contributed by atoms with E-state index >= 15 is 0 Å². The minimum absolute atomic E-state index is 0.0776. The van der Waals surface area contributed by atoms with Crippen LogP contribution in [0.25, 0.3) is 0 Å². The van der Waals surface area contributed by atoms with Crippen molar-refractivity contribution in [1.82, 2.24) is 5.43 Å². The highest BCUT2D eigenvalue weighted by molar-refractivity contribution is 7.92. The molecule has 1 N–H and O–H groups in total. The smallest absolute Gasteiger partial charge is 0.264 e. The molecular formula is C24H31N3O5S. The molecule has 2 aromatic carbocycles. The number of hydrogen-bond acceptors (Lipinski definition) is 6. The van der Waals surface area contributed by atoms with Crippen LogP contribution in [0.1, 0.15) is 44.1 Å². The Balaban J connectivity index is 1.94. The zero-order valence-electron chi connectivity index (χ0n) is 19.3.